The zero-order valence-corrected chi connectivity index (χ0v) is 19.4. The lowest BCUT2D eigenvalue weighted by atomic mass is 10.1. The highest BCUT2D eigenvalue weighted by Crippen LogP contribution is 2.36. The summed E-state index contributed by atoms with van der Waals surface area (Å²) >= 11 is 6.05. The van der Waals surface area contributed by atoms with Crippen molar-refractivity contribution in [3.63, 3.8) is 0 Å². The number of halogens is 2. The molecule has 1 aliphatic rings. The molecular weight excluding hydrogens is 453 g/mol. The van der Waals surface area contributed by atoms with Crippen LogP contribution in [0.25, 0.3) is 5.69 Å². The Morgan fingerprint density at radius 2 is 1.74 bits per heavy atom. The van der Waals surface area contributed by atoms with Gasteiger partial charge < -0.3 is 9.64 Å². The minimum absolute atomic E-state index is 0.133. The van der Waals surface area contributed by atoms with Gasteiger partial charge in [0.1, 0.15) is 11.6 Å². The fourth-order valence-corrected chi connectivity index (χ4v) is 3.99. The Kier molecular flexibility index (Phi) is 6.07. The molecule has 4 aromatic rings. The van der Waals surface area contributed by atoms with Crippen molar-refractivity contribution in [1.82, 2.24) is 14.7 Å². The lowest BCUT2D eigenvalue weighted by molar-refractivity contribution is 0.0728. The van der Waals surface area contributed by atoms with Gasteiger partial charge in [-0.05, 0) is 80.4 Å². The number of para-hydroxylation sites is 1. The molecule has 1 fully saturated rings. The van der Waals surface area contributed by atoms with E-state index in [1.54, 1.807) is 28.9 Å². The predicted octanol–water partition coefficient (Wildman–Crippen LogP) is 6.57. The minimum atomic E-state index is -0.367. The Labute approximate surface area is 202 Å². The first-order valence-corrected chi connectivity index (χ1v) is 11.5. The number of aryl methyl sites for hydroxylation is 1. The van der Waals surface area contributed by atoms with Crippen molar-refractivity contribution in [1.29, 1.82) is 0 Å². The van der Waals surface area contributed by atoms with Crippen LogP contribution in [0.15, 0.2) is 78.9 Å². The highest BCUT2D eigenvalue weighted by Gasteiger charge is 2.35. The third kappa shape index (κ3) is 4.68. The van der Waals surface area contributed by atoms with Crippen LogP contribution in [-0.2, 0) is 6.54 Å². The number of carbonyl (C=O) groups excluding carboxylic acids is 1. The molecule has 5 rings (SSSR count). The van der Waals surface area contributed by atoms with Crippen LogP contribution in [0.3, 0.4) is 0 Å². The standard InChI is InChI=1S/C27H23ClFN3O2/c1-18-25(17-31(22-13-14-22)26(33)19-7-11-21(29)12-8-19)27(34-24-15-9-20(28)10-16-24)32(30-18)23-5-3-2-4-6-23/h2-12,15-16,22H,13-14,17H2,1H3. The molecule has 172 valence electrons. The normalized spacial score (nSPS) is 13.0. The van der Waals surface area contributed by atoms with E-state index in [0.29, 0.717) is 28.8 Å². The average Bonchev–Trinajstić information content (AvgIpc) is 3.65. The van der Waals surface area contributed by atoms with Crippen LogP contribution < -0.4 is 4.74 Å². The van der Waals surface area contributed by atoms with Crippen LogP contribution in [-0.4, -0.2) is 26.6 Å². The second kappa shape index (κ2) is 9.31. The molecule has 1 amide bonds. The van der Waals surface area contributed by atoms with Gasteiger partial charge in [0, 0.05) is 16.6 Å². The molecule has 0 spiro atoms. The van der Waals surface area contributed by atoms with Crippen LogP contribution in [0, 0.1) is 12.7 Å². The SMILES string of the molecule is Cc1nn(-c2ccccc2)c(Oc2ccc(Cl)cc2)c1CN(C(=O)c1ccc(F)cc1)C1CC1. The van der Waals surface area contributed by atoms with E-state index in [-0.39, 0.29) is 17.8 Å². The van der Waals surface area contributed by atoms with Gasteiger partial charge in [-0.15, -0.1) is 0 Å². The van der Waals surface area contributed by atoms with E-state index < -0.39 is 0 Å². The molecule has 1 aromatic heterocycles. The number of aromatic nitrogens is 2. The summed E-state index contributed by atoms with van der Waals surface area (Å²) in [6.45, 7) is 2.25. The maximum Gasteiger partial charge on any atom is 0.254 e. The van der Waals surface area contributed by atoms with E-state index in [9.17, 15) is 9.18 Å². The van der Waals surface area contributed by atoms with Gasteiger partial charge >= 0.3 is 0 Å². The Morgan fingerprint density at radius 3 is 2.38 bits per heavy atom. The molecule has 34 heavy (non-hydrogen) atoms. The fraction of sp³-hybridized carbons (Fsp3) is 0.185. The predicted molar refractivity (Wildman–Crippen MR) is 129 cm³/mol. The first-order chi connectivity index (χ1) is 16.5. The first kappa shape index (κ1) is 22.2. The van der Waals surface area contributed by atoms with Crippen molar-refractivity contribution in [2.75, 3.05) is 0 Å². The number of amides is 1. The topological polar surface area (TPSA) is 47.4 Å². The number of nitrogens with zero attached hydrogens (tertiary/aromatic N) is 3. The molecule has 0 unspecified atom stereocenters. The zero-order chi connectivity index (χ0) is 23.7. The van der Waals surface area contributed by atoms with Crippen molar-refractivity contribution in [3.8, 4) is 17.3 Å². The summed E-state index contributed by atoms with van der Waals surface area (Å²) in [7, 11) is 0. The highest BCUT2D eigenvalue weighted by atomic mass is 35.5. The molecule has 0 bridgehead atoms. The van der Waals surface area contributed by atoms with Crippen LogP contribution >= 0.6 is 11.6 Å². The number of hydrogen-bond acceptors (Lipinski definition) is 3. The van der Waals surface area contributed by atoms with Crippen molar-refractivity contribution in [2.24, 2.45) is 0 Å². The third-order valence-electron chi connectivity index (χ3n) is 5.83. The third-order valence-corrected chi connectivity index (χ3v) is 6.09. The molecule has 5 nitrogen and oxygen atoms in total. The Bertz CT molecular complexity index is 1300. The average molecular weight is 476 g/mol. The largest absolute Gasteiger partial charge is 0.439 e. The van der Waals surface area contributed by atoms with Gasteiger partial charge in [0.05, 0.1) is 23.5 Å². The second-order valence-corrected chi connectivity index (χ2v) is 8.78. The molecule has 1 saturated carbocycles. The number of rotatable bonds is 7. The van der Waals surface area contributed by atoms with E-state index in [4.69, 9.17) is 21.4 Å². The summed E-state index contributed by atoms with van der Waals surface area (Å²) < 4.78 is 21.5. The molecule has 3 aromatic carbocycles. The summed E-state index contributed by atoms with van der Waals surface area (Å²) in [5.74, 6) is 0.661. The minimum Gasteiger partial charge on any atom is -0.439 e. The monoisotopic (exact) mass is 475 g/mol. The number of ether oxygens (including phenoxy) is 1. The van der Waals surface area contributed by atoms with Gasteiger partial charge in [0.15, 0.2) is 0 Å². The van der Waals surface area contributed by atoms with E-state index in [0.717, 1.165) is 29.8 Å². The second-order valence-electron chi connectivity index (χ2n) is 8.34. The van der Waals surface area contributed by atoms with Gasteiger partial charge in [-0.1, -0.05) is 29.8 Å². The molecule has 0 aliphatic heterocycles. The summed E-state index contributed by atoms with van der Waals surface area (Å²) in [4.78, 5) is 15.2. The number of hydrogen-bond donors (Lipinski definition) is 0. The molecule has 0 N–H and O–H groups in total. The maximum absolute atomic E-state index is 13.4. The molecule has 0 radical (unpaired) electrons. The summed E-state index contributed by atoms with van der Waals surface area (Å²) in [5.41, 5.74) is 2.90. The van der Waals surface area contributed by atoms with E-state index in [1.165, 1.54) is 24.3 Å². The van der Waals surface area contributed by atoms with Crippen LogP contribution in [0.4, 0.5) is 4.39 Å². The zero-order valence-electron chi connectivity index (χ0n) is 18.6. The summed E-state index contributed by atoms with van der Waals surface area (Å²) in [6, 6.07) is 22.7. The van der Waals surface area contributed by atoms with Crippen molar-refractivity contribution < 1.29 is 13.9 Å². The lowest BCUT2D eigenvalue weighted by Crippen LogP contribution is -2.32. The smallest absolute Gasteiger partial charge is 0.254 e. The van der Waals surface area contributed by atoms with Crippen LogP contribution in [0.1, 0.15) is 34.5 Å². The van der Waals surface area contributed by atoms with Gasteiger partial charge in [-0.2, -0.15) is 5.10 Å². The molecule has 1 heterocycles. The van der Waals surface area contributed by atoms with Gasteiger partial charge in [-0.3, -0.25) is 4.79 Å². The molecule has 7 heteroatoms. The molecular formula is C27H23ClFN3O2. The fourth-order valence-electron chi connectivity index (χ4n) is 3.87. The quantitative estimate of drug-likeness (QED) is 0.303. The molecule has 0 atom stereocenters. The van der Waals surface area contributed by atoms with Crippen molar-refractivity contribution in [2.45, 2.75) is 32.4 Å². The van der Waals surface area contributed by atoms with E-state index in [2.05, 4.69) is 0 Å². The summed E-state index contributed by atoms with van der Waals surface area (Å²) in [6.07, 6.45) is 1.87. The van der Waals surface area contributed by atoms with Crippen LogP contribution in [0.5, 0.6) is 11.6 Å². The van der Waals surface area contributed by atoms with Gasteiger partial charge in [0.2, 0.25) is 5.88 Å². The molecule has 1 aliphatic carbocycles. The highest BCUT2D eigenvalue weighted by molar-refractivity contribution is 6.30. The number of benzene rings is 3. The van der Waals surface area contributed by atoms with E-state index >= 15 is 0 Å². The van der Waals surface area contributed by atoms with Gasteiger partial charge in [-0.25, -0.2) is 9.07 Å². The van der Waals surface area contributed by atoms with E-state index in [1.807, 2.05) is 42.2 Å². The molecule has 0 saturated heterocycles. The maximum atomic E-state index is 13.4. The Morgan fingerprint density at radius 1 is 1.06 bits per heavy atom. The Balaban J connectivity index is 1.54. The lowest BCUT2D eigenvalue weighted by Gasteiger charge is -2.23. The van der Waals surface area contributed by atoms with Crippen molar-refractivity contribution >= 4 is 17.5 Å². The summed E-state index contributed by atoms with van der Waals surface area (Å²) in [5, 5.41) is 5.36. The Hall–Kier alpha value is -3.64. The number of carbonyl (C=O) groups is 1. The van der Waals surface area contributed by atoms with Gasteiger partial charge in [0.25, 0.3) is 5.91 Å². The first-order valence-electron chi connectivity index (χ1n) is 11.1. The van der Waals surface area contributed by atoms with Crippen molar-refractivity contribution in [3.05, 3.63) is 107 Å². The van der Waals surface area contributed by atoms with Crippen LogP contribution in [0.2, 0.25) is 5.02 Å².